The highest BCUT2D eigenvalue weighted by atomic mass is 19.1. The topological polar surface area (TPSA) is 71.0 Å². The third-order valence-corrected chi connectivity index (χ3v) is 5.31. The van der Waals surface area contributed by atoms with Crippen molar-refractivity contribution >= 4 is 5.91 Å². The summed E-state index contributed by atoms with van der Waals surface area (Å²) in [5, 5.41) is 3.11. The summed E-state index contributed by atoms with van der Waals surface area (Å²) >= 11 is 0. The Hall–Kier alpha value is -3.19. The summed E-state index contributed by atoms with van der Waals surface area (Å²) in [5.74, 6) is 0.342. The minimum atomic E-state index is -0.308. The Balaban J connectivity index is 1.29. The van der Waals surface area contributed by atoms with E-state index < -0.39 is 0 Å². The van der Waals surface area contributed by atoms with Crippen LogP contribution in [0.15, 0.2) is 55.0 Å². The van der Waals surface area contributed by atoms with Gasteiger partial charge in [0, 0.05) is 55.4 Å². The number of amides is 1. The summed E-state index contributed by atoms with van der Waals surface area (Å²) in [5.41, 5.74) is 2.94. The summed E-state index contributed by atoms with van der Waals surface area (Å²) in [6.45, 7) is 4.53. The quantitative estimate of drug-likeness (QED) is 0.705. The lowest BCUT2D eigenvalue weighted by atomic mass is 10.0. The first-order chi connectivity index (χ1) is 14.6. The van der Waals surface area contributed by atoms with Crippen LogP contribution in [-0.4, -0.2) is 44.9 Å². The van der Waals surface area contributed by atoms with Crippen molar-refractivity contribution < 1.29 is 9.18 Å². The van der Waals surface area contributed by atoms with E-state index in [1.54, 1.807) is 30.5 Å². The number of rotatable bonds is 5. The van der Waals surface area contributed by atoms with Gasteiger partial charge in [-0.25, -0.2) is 14.4 Å². The first-order valence-electron chi connectivity index (χ1n) is 10.1. The molecule has 2 aromatic heterocycles. The molecule has 4 rings (SSSR count). The molecule has 1 aromatic carbocycles. The highest BCUT2D eigenvalue weighted by Crippen LogP contribution is 2.18. The van der Waals surface area contributed by atoms with Gasteiger partial charge in [0.15, 0.2) is 0 Å². The molecule has 0 saturated carbocycles. The number of hydrogen-bond acceptors (Lipinski definition) is 5. The van der Waals surface area contributed by atoms with Crippen LogP contribution in [0.25, 0.3) is 11.3 Å². The molecule has 0 spiro atoms. The van der Waals surface area contributed by atoms with Crippen molar-refractivity contribution in [2.24, 2.45) is 0 Å². The van der Waals surface area contributed by atoms with Crippen molar-refractivity contribution in [3.05, 3.63) is 77.8 Å². The molecule has 7 heteroatoms. The van der Waals surface area contributed by atoms with Crippen LogP contribution in [0, 0.1) is 12.7 Å². The summed E-state index contributed by atoms with van der Waals surface area (Å²) in [6, 6.07) is 9.88. The number of benzene rings is 1. The molecule has 0 bridgehead atoms. The van der Waals surface area contributed by atoms with Gasteiger partial charge in [0.25, 0.3) is 5.91 Å². The Morgan fingerprint density at radius 1 is 1.10 bits per heavy atom. The van der Waals surface area contributed by atoms with Crippen LogP contribution in [0.2, 0.25) is 0 Å². The molecule has 3 aromatic rings. The van der Waals surface area contributed by atoms with Gasteiger partial charge in [-0.1, -0.05) is 12.1 Å². The highest BCUT2D eigenvalue weighted by molar-refractivity contribution is 5.94. The Labute approximate surface area is 175 Å². The molecule has 0 aliphatic carbocycles. The number of nitrogens with one attached hydrogen (secondary N) is 1. The van der Waals surface area contributed by atoms with Gasteiger partial charge in [-0.05, 0) is 44.0 Å². The lowest BCUT2D eigenvalue weighted by Gasteiger charge is -2.32. The number of pyridine rings is 1. The molecule has 1 aliphatic heterocycles. The Morgan fingerprint density at radius 3 is 2.53 bits per heavy atom. The zero-order valence-corrected chi connectivity index (χ0v) is 16.9. The second kappa shape index (κ2) is 9.09. The van der Waals surface area contributed by atoms with E-state index in [2.05, 4.69) is 25.2 Å². The molecule has 1 aliphatic rings. The van der Waals surface area contributed by atoms with E-state index in [-0.39, 0.29) is 17.8 Å². The maximum atomic E-state index is 13.4. The van der Waals surface area contributed by atoms with E-state index in [0.717, 1.165) is 43.9 Å². The van der Waals surface area contributed by atoms with E-state index in [0.29, 0.717) is 16.8 Å². The fraction of sp³-hybridized carbons (Fsp3) is 0.304. The summed E-state index contributed by atoms with van der Waals surface area (Å²) in [6.07, 6.45) is 7.08. The van der Waals surface area contributed by atoms with Crippen LogP contribution >= 0.6 is 0 Å². The van der Waals surface area contributed by atoms with E-state index >= 15 is 0 Å². The molecule has 6 nitrogen and oxygen atoms in total. The van der Waals surface area contributed by atoms with Crippen molar-refractivity contribution in [1.29, 1.82) is 0 Å². The number of halogens is 1. The SMILES string of the molecule is Cc1ncc(CN2CCC(NC(=O)c3ccc(-c4cccc(F)c4)nc3)CC2)cn1. The summed E-state index contributed by atoms with van der Waals surface area (Å²) in [7, 11) is 0. The minimum absolute atomic E-state index is 0.126. The normalized spacial score (nSPS) is 15.1. The zero-order chi connectivity index (χ0) is 20.9. The number of likely N-dealkylation sites (tertiary alicyclic amines) is 1. The number of aryl methyl sites for hydroxylation is 1. The van der Waals surface area contributed by atoms with Crippen LogP contribution in [-0.2, 0) is 6.54 Å². The second-order valence-corrected chi connectivity index (χ2v) is 7.60. The first kappa shape index (κ1) is 20.1. The van der Waals surface area contributed by atoms with Crippen LogP contribution in [0.5, 0.6) is 0 Å². The van der Waals surface area contributed by atoms with Crippen LogP contribution in [0.1, 0.15) is 34.6 Å². The minimum Gasteiger partial charge on any atom is -0.349 e. The van der Waals surface area contributed by atoms with E-state index in [1.807, 2.05) is 19.3 Å². The van der Waals surface area contributed by atoms with Crippen LogP contribution in [0.4, 0.5) is 4.39 Å². The molecule has 3 heterocycles. The van der Waals surface area contributed by atoms with Crippen molar-refractivity contribution in [3.63, 3.8) is 0 Å². The van der Waals surface area contributed by atoms with Crippen molar-refractivity contribution in [3.8, 4) is 11.3 Å². The van der Waals surface area contributed by atoms with Crippen LogP contribution < -0.4 is 5.32 Å². The van der Waals surface area contributed by atoms with Gasteiger partial charge in [-0.3, -0.25) is 14.7 Å². The fourth-order valence-corrected chi connectivity index (χ4v) is 3.61. The molecule has 1 amide bonds. The third kappa shape index (κ3) is 5.04. The number of aromatic nitrogens is 3. The predicted octanol–water partition coefficient (Wildman–Crippen LogP) is 3.38. The average molecular weight is 405 g/mol. The Morgan fingerprint density at radius 2 is 1.87 bits per heavy atom. The molecule has 0 atom stereocenters. The lowest BCUT2D eigenvalue weighted by Crippen LogP contribution is -2.44. The molecule has 1 saturated heterocycles. The molecule has 1 fully saturated rings. The molecular weight excluding hydrogens is 381 g/mol. The van der Waals surface area contributed by atoms with Crippen LogP contribution in [0.3, 0.4) is 0 Å². The molecule has 154 valence electrons. The van der Waals surface area contributed by atoms with Gasteiger partial charge in [0.1, 0.15) is 11.6 Å². The number of hydrogen-bond donors (Lipinski definition) is 1. The van der Waals surface area contributed by atoms with E-state index in [4.69, 9.17) is 0 Å². The number of carbonyl (C=O) groups excluding carboxylic acids is 1. The Kier molecular flexibility index (Phi) is 6.09. The summed E-state index contributed by atoms with van der Waals surface area (Å²) < 4.78 is 13.4. The van der Waals surface area contributed by atoms with E-state index in [9.17, 15) is 9.18 Å². The third-order valence-electron chi connectivity index (χ3n) is 5.31. The zero-order valence-electron chi connectivity index (χ0n) is 16.9. The molecule has 1 N–H and O–H groups in total. The fourth-order valence-electron chi connectivity index (χ4n) is 3.61. The van der Waals surface area contributed by atoms with Gasteiger partial charge in [0.05, 0.1) is 11.3 Å². The first-order valence-corrected chi connectivity index (χ1v) is 10.1. The van der Waals surface area contributed by atoms with Gasteiger partial charge >= 0.3 is 0 Å². The van der Waals surface area contributed by atoms with Crippen molar-refractivity contribution in [2.45, 2.75) is 32.4 Å². The number of piperidine rings is 1. The van der Waals surface area contributed by atoms with Gasteiger partial charge in [-0.2, -0.15) is 0 Å². The van der Waals surface area contributed by atoms with E-state index in [1.165, 1.54) is 12.1 Å². The Bertz CT molecular complexity index is 999. The van der Waals surface area contributed by atoms with Gasteiger partial charge in [-0.15, -0.1) is 0 Å². The maximum Gasteiger partial charge on any atom is 0.253 e. The van der Waals surface area contributed by atoms with Crippen molar-refractivity contribution in [1.82, 2.24) is 25.2 Å². The predicted molar refractivity (Wildman–Crippen MR) is 112 cm³/mol. The van der Waals surface area contributed by atoms with Crippen molar-refractivity contribution in [2.75, 3.05) is 13.1 Å². The molecule has 0 unspecified atom stereocenters. The standard InChI is InChI=1S/C23H24FN5O/c1-16-25-12-17(13-26-16)15-29-9-7-21(8-10-29)28-23(30)19-5-6-22(27-14-19)18-3-2-4-20(24)11-18/h2-6,11-14,21H,7-10,15H2,1H3,(H,28,30). The molecular formula is C23H24FN5O. The van der Waals surface area contributed by atoms with Gasteiger partial charge < -0.3 is 5.32 Å². The highest BCUT2D eigenvalue weighted by Gasteiger charge is 2.21. The monoisotopic (exact) mass is 405 g/mol. The number of carbonyl (C=O) groups is 1. The second-order valence-electron chi connectivity index (χ2n) is 7.60. The largest absolute Gasteiger partial charge is 0.349 e. The van der Waals surface area contributed by atoms with Gasteiger partial charge in [0.2, 0.25) is 0 Å². The average Bonchev–Trinajstić information content (AvgIpc) is 2.77. The smallest absolute Gasteiger partial charge is 0.253 e. The maximum absolute atomic E-state index is 13.4. The lowest BCUT2D eigenvalue weighted by molar-refractivity contribution is 0.0908. The number of nitrogens with zero attached hydrogens (tertiary/aromatic N) is 4. The molecule has 30 heavy (non-hydrogen) atoms. The summed E-state index contributed by atoms with van der Waals surface area (Å²) in [4.78, 5) is 27.7. The molecule has 0 radical (unpaired) electrons.